The van der Waals surface area contributed by atoms with Gasteiger partial charge in [0.05, 0.1) is 13.0 Å². The summed E-state index contributed by atoms with van der Waals surface area (Å²) in [6, 6.07) is 1.26. The van der Waals surface area contributed by atoms with Gasteiger partial charge in [-0.3, -0.25) is 14.2 Å². The Morgan fingerprint density at radius 1 is 1.29 bits per heavy atom. The summed E-state index contributed by atoms with van der Waals surface area (Å²) in [5, 5.41) is 39.4. The van der Waals surface area contributed by atoms with E-state index >= 15 is 0 Å². The smallest absolute Gasteiger partial charge is 0.351 e. The van der Waals surface area contributed by atoms with E-state index in [0.717, 1.165) is 4.57 Å². The van der Waals surface area contributed by atoms with Crippen molar-refractivity contribution in [2.75, 3.05) is 11.9 Å². The zero-order valence-electron chi connectivity index (χ0n) is 12.4. The Kier molecular flexibility index (Phi) is 5.62. The predicted octanol–water partition coefficient (Wildman–Crippen LogP) is -2.34. The lowest BCUT2D eigenvalue weighted by Gasteiger charge is -2.17. The summed E-state index contributed by atoms with van der Waals surface area (Å²) >= 11 is 0. The van der Waals surface area contributed by atoms with Gasteiger partial charge in [0.1, 0.15) is 24.1 Å². The largest absolute Gasteiger partial charge is 0.481 e. The second-order valence-electron chi connectivity index (χ2n) is 5.17. The molecule has 0 aliphatic carbocycles. The van der Waals surface area contributed by atoms with Crippen molar-refractivity contribution in [2.45, 2.75) is 37.4 Å². The Morgan fingerprint density at radius 2 is 2.00 bits per heavy atom. The standard InChI is InChI=1S/C13H17N3O8/c17-5-6-10(21)11(22)12(24-6)16-4-3-7(15-13(16)23)14-8(18)1-2-9(19)20/h3-4,6,10-12,17,21-22H,1-2,5H2,(H,19,20)(H,14,15,18,23)/t6-,10-,11-,12-/m1/s1. The van der Waals surface area contributed by atoms with E-state index in [0.29, 0.717) is 0 Å². The first-order chi connectivity index (χ1) is 11.3. The molecule has 0 spiro atoms. The molecule has 132 valence electrons. The summed E-state index contributed by atoms with van der Waals surface area (Å²) in [7, 11) is 0. The van der Waals surface area contributed by atoms with Gasteiger partial charge in [-0.15, -0.1) is 0 Å². The fourth-order valence-corrected chi connectivity index (χ4v) is 2.21. The van der Waals surface area contributed by atoms with E-state index in [1.165, 1.54) is 12.3 Å². The number of aliphatic carboxylic acids is 1. The van der Waals surface area contributed by atoms with E-state index in [-0.39, 0.29) is 18.7 Å². The molecule has 24 heavy (non-hydrogen) atoms. The molecule has 0 radical (unpaired) electrons. The number of anilines is 1. The van der Waals surface area contributed by atoms with Crippen LogP contribution in [0, 0.1) is 0 Å². The number of aliphatic hydroxyl groups excluding tert-OH is 3. The molecule has 11 heteroatoms. The minimum Gasteiger partial charge on any atom is -0.481 e. The molecular formula is C13H17N3O8. The van der Waals surface area contributed by atoms with Crippen LogP contribution in [0.1, 0.15) is 19.1 Å². The molecule has 1 aliphatic heterocycles. The van der Waals surface area contributed by atoms with Crippen molar-refractivity contribution in [3.63, 3.8) is 0 Å². The number of aromatic nitrogens is 2. The monoisotopic (exact) mass is 343 g/mol. The van der Waals surface area contributed by atoms with Gasteiger partial charge in [-0.05, 0) is 6.07 Å². The van der Waals surface area contributed by atoms with Gasteiger partial charge >= 0.3 is 11.7 Å². The molecule has 1 aliphatic rings. The zero-order chi connectivity index (χ0) is 17.9. The average Bonchev–Trinajstić information content (AvgIpc) is 2.81. The topological polar surface area (TPSA) is 171 Å². The maximum atomic E-state index is 12.0. The van der Waals surface area contributed by atoms with Crippen LogP contribution in [-0.2, 0) is 14.3 Å². The summed E-state index contributed by atoms with van der Waals surface area (Å²) in [6.07, 6.45) is -4.48. The summed E-state index contributed by atoms with van der Waals surface area (Å²) in [5.74, 6) is -1.83. The third kappa shape index (κ3) is 3.94. The van der Waals surface area contributed by atoms with Crippen LogP contribution in [0.15, 0.2) is 17.1 Å². The number of aliphatic hydroxyl groups is 3. The van der Waals surface area contributed by atoms with Gasteiger partial charge in [0.15, 0.2) is 6.23 Å². The molecule has 1 aromatic heterocycles. The van der Waals surface area contributed by atoms with Crippen molar-refractivity contribution in [1.29, 1.82) is 0 Å². The number of hydrogen-bond acceptors (Lipinski definition) is 8. The van der Waals surface area contributed by atoms with Gasteiger partial charge in [-0.25, -0.2) is 4.79 Å². The molecular weight excluding hydrogens is 326 g/mol. The third-order valence-corrected chi connectivity index (χ3v) is 3.45. The Balaban J connectivity index is 2.09. The van der Waals surface area contributed by atoms with Crippen molar-refractivity contribution in [2.24, 2.45) is 0 Å². The Morgan fingerprint density at radius 3 is 2.54 bits per heavy atom. The van der Waals surface area contributed by atoms with E-state index < -0.39 is 48.7 Å². The lowest BCUT2D eigenvalue weighted by atomic mass is 10.1. The first-order valence-electron chi connectivity index (χ1n) is 7.06. The molecule has 5 N–H and O–H groups in total. The van der Waals surface area contributed by atoms with E-state index in [9.17, 15) is 24.6 Å². The quantitative estimate of drug-likeness (QED) is 0.379. The number of amides is 1. The van der Waals surface area contributed by atoms with Crippen LogP contribution in [0.4, 0.5) is 5.82 Å². The number of carbonyl (C=O) groups excluding carboxylic acids is 1. The van der Waals surface area contributed by atoms with Crippen molar-refractivity contribution in [1.82, 2.24) is 9.55 Å². The minimum atomic E-state index is -1.43. The van der Waals surface area contributed by atoms with Gasteiger partial charge in [0, 0.05) is 12.6 Å². The molecule has 1 aromatic rings. The van der Waals surface area contributed by atoms with E-state index in [1.54, 1.807) is 0 Å². The molecule has 2 rings (SSSR count). The highest BCUT2D eigenvalue weighted by Crippen LogP contribution is 2.28. The summed E-state index contributed by atoms with van der Waals surface area (Å²) in [6.45, 7) is -0.533. The van der Waals surface area contributed by atoms with Gasteiger partial charge < -0.3 is 30.5 Å². The van der Waals surface area contributed by atoms with E-state index in [4.69, 9.17) is 14.9 Å². The normalized spacial score (nSPS) is 26.3. The van der Waals surface area contributed by atoms with Gasteiger partial charge in [-0.2, -0.15) is 4.98 Å². The molecule has 0 bridgehead atoms. The lowest BCUT2D eigenvalue weighted by Crippen LogP contribution is -2.36. The number of carboxylic acids is 1. The van der Waals surface area contributed by atoms with Crippen molar-refractivity contribution >= 4 is 17.7 Å². The molecule has 0 unspecified atom stereocenters. The van der Waals surface area contributed by atoms with Crippen LogP contribution in [-0.4, -0.2) is 66.8 Å². The zero-order valence-corrected chi connectivity index (χ0v) is 12.4. The highest BCUT2D eigenvalue weighted by Gasteiger charge is 2.43. The Bertz CT molecular complexity index is 675. The minimum absolute atomic E-state index is 0.0848. The molecule has 4 atom stereocenters. The third-order valence-electron chi connectivity index (χ3n) is 3.45. The highest BCUT2D eigenvalue weighted by molar-refractivity contribution is 5.91. The summed E-state index contributed by atoms with van der Waals surface area (Å²) in [5.41, 5.74) is -0.860. The van der Waals surface area contributed by atoms with Crippen LogP contribution in [0.2, 0.25) is 0 Å². The molecule has 1 saturated heterocycles. The molecule has 0 saturated carbocycles. The van der Waals surface area contributed by atoms with Crippen LogP contribution in [0.3, 0.4) is 0 Å². The number of ether oxygens (including phenoxy) is 1. The Labute approximate surface area is 135 Å². The fourth-order valence-electron chi connectivity index (χ4n) is 2.21. The van der Waals surface area contributed by atoms with Crippen LogP contribution >= 0.6 is 0 Å². The van der Waals surface area contributed by atoms with Gasteiger partial charge in [0.25, 0.3) is 0 Å². The summed E-state index contributed by atoms with van der Waals surface area (Å²) < 4.78 is 6.12. The molecule has 1 amide bonds. The molecule has 11 nitrogen and oxygen atoms in total. The number of rotatable bonds is 6. The molecule has 0 aromatic carbocycles. The number of nitrogens with zero attached hydrogens (tertiary/aromatic N) is 2. The van der Waals surface area contributed by atoms with Gasteiger partial charge in [0.2, 0.25) is 5.91 Å². The predicted molar refractivity (Wildman–Crippen MR) is 77.0 cm³/mol. The maximum absolute atomic E-state index is 12.0. The molecule has 2 heterocycles. The highest BCUT2D eigenvalue weighted by atomic mass is 16.6. The van der Waals surface area contributed by atoms with Crippen LogP contribution in [0.25, 0.3) is 0 Å². The second-order valence-corrected chi connectivity index (χ2v) is 5.17. The number of carbonyl (C=O) groups is 2. The van der Waals surface area contributed by atoms with Crippen molar-refractivity contribution < 1.29 is 34.8 Å². The van der Waals surface area contributed by atoms with Crippen LogP contribution < -0.4 is 11.0 Å². The van der Waals surface area contributed by atoms with Crippen molar-refractivity contribution in [3.8, 4) is 0 Å². The number of hydrogen-bond donors (Lipinski definition) is 5. The Hall–Kier alpha value is -2.34. The SMILES string of the molecule is O=C(O)CCC(=O)Nc1ccn([C@@H]2O[C@H](CO)[C@@H](O)[C@H]2O)c(=O)n1. The lowest BCUT2D eigenvalue weighted by molar-refractivity contribution is -0.138. The first kappa shape index (κ1) is 18.0. The van der Waals surface area contributed by atoms with E-state index in [1.807, 2.05) is 0 Å². The number of nitrogens with one attached hydrogen (secondary N) is 1. The second kappa shape index (κ2) is 7.49. The average molecular weight is 343 g/mol. The molecule has 1 fully saturated rings. The van der Waals surface area contributed by atoms with E-state index in [2.05, 4.69) is 10.3 Å². The first-order valence-corrected chi connectivity index (χ1v) is 7.06. The van der Waals surface area contributed by atoms with Crippen molar-refractivity contribution in [3.05, 3.63) is 22.7 Å². The van der Waals surface area contributed by atoms with Crippen LogP contribution in [0.5, 0.6) is 0 Å². The fraction of sp³-hybridized carbons (Fsp3) is 0.538. The van der Waals surface area contributed by atoms with Gasteiger partial charge in [-0.1, -0.05) is 0 Å². The maximum Gasteiger partial charge on any atom is 0.351 e. The number of carboxylic acid groups (broad SMARTS) is 1. The summed E-state index contributed by atoms with van der Waals surface area (Å²) in [4.78, 5) is 37.5.